The molecule has 0 aromatic heterocycles. The van der Waals surface area contributed by atoms with Crippen molar-refractivity contribution in [2.24, 2.45) is 4.99 Å². The zero-order chi connectivity index (χ0) is 23.2. The van der Waals surface area contributed by atoms with Gasteiger partial charge >= 0.3 is 0 Å². The van der Waals surface area contributed by atoms with Gasteiger partial charge in [-0.3, -0.25) is 4.79 Å². The van der Waals surface area contributed by atoms with Gasteiger partial charge in [0.2, 0.25) is 0 Å². The molecule has 1 saturated heterocycles. The van der Waals surface area contributed by atoms with Crippen molar-refractivity contribution >= 4 is 34.6 Å². The summed E-state index contributed by atoms with van der Waals surface area (Å²) in [4.78, 5) is 17.6. The lowest BCUT2D eigenvalue weighted by atomic mass is 10.1. The van der Waals surface area contributed by atoms with Crippen LogP contribution in [0.1, 0.15) is 16.7 Å². The average Bonchev–Trinajstić information content (AvgIpc) is 3.17. The van der Waals surface area contributed by atoms with Crippen LogP contribution in [0.4, 0.5) is 5.69 Å². The predicted octanol–water partition coefficient (Wildman–Crippen LogP) is 5.48. The van der Waals surface area contributed by atoms with Crippen LogP contribution in [0.3, 0.4) is 0 Å². The second-order valence-corrected chi connectivity index (χ2v) is 8.40. The number of thioether (sulfide) groups is 1. The van der Waals surface area contributed by atoms with Gasteiger partial charge in [-0.05, 0) is 60.2 Å². The van der Waals surface area contributed by atoms with E-state index in [1.54, 1.807) is 32.4 Å². The predicted molar refractivity (Wildman–Crippen MR) is 132 cm³/mol. The average molecular weight is 461 g/mol. The lowest BCUT2D eigenvalue weighted by Crippen LogP contribution is -2.19. The number of hydrogen-bond donors (Lipinski definition) is 1. The van der Waals surface area contributed by atoms with Gasteiger partial charge in [-0.25, -0.2) is 4.99 Å². The van der Waals surface area contributed by atoms with Gasteiger partial charge in [-0.2, -0.15) is 0 Å². The molecular weight excluding hydrogens is 436 g/mol. The Hall–Kier alpha value is -3.71. The molecule has 4 rings (SSSR count). The molecular formula is C26H24N2O4S. The smallest absolute Gasteiger partial charge is 0.264 e. The monoisotopic (exact) mass is 460 g/mol. The maximum Gasteiger partial charge on any atom is 0.264 e. The molecule has 1 heterocycles. The molecule has 33 heavy (non-hydrogen) atoms. The number of carbonyl (C=O) groups excluding carboxylic acids is 1. The lowest BCUT2D eigenvalue weighted by molar-refractivity contribution is -0.115. The van der Waals surface area contributed by atoms with Gasteiger partial charge in [0.25, 0.3) is 5.91 Å². The molecule has 0 spiro atoms. The molecule has 1 N–H and O–H groups in total. The van der Waals surface area contributed by atoms with E-state index in [1.165, 1.54) is 17.3 Å². The summed E-state index contributed by atoms with van der Waals surface area (Å²) >= 11 is 1.28. The van der Waals surface area contributed by atoms with Gasteiger partial charge < -0.3 is 19.5 Å². The van der Waals surface area contributed by atoms with Crippen LogP contribution in [0, 0.1) is 6.92 Å². The maximum atomic E-state index is 12.5. The fourth-order valence-electron chi connectivity index (χ4n) is 3.16. The largest absolute Gasteiger partial charge is 0.497 e. The number of hydrogen-bond acceptors (Lipinski definition) is 6. The molecule has 168 valence electrons. The summed E-state index contributed by atoms with van der Waals surface area (Å²) in [7, 11) is 3.16. The number of ether oxygens (including phenoxy) is 3. The molecule has 3 aromatic carbocycles. The SMILES string of the molecule is COc1ccc(N=C2NC(=O)/C(=C/c3cccc(OCc4ccc(C)cc4)c3)S2)c(OC)c1. The number of methoxy groups -OCH3 is 2. The van der Waals surface area contributed by atoms with E-state index in [4.69, 9.17) is 14.2 Å². The van der Waals surface area contributed by atoms with Gasteiger partial charge in [0.15, 0.2) is 5.17 Å². The highest BCUT2D eigenvalue weighted by Crippen LogP contribution is 2.34. The van der Waals surface area contributed by atoms with Gasteiger partial charge in [-0.15, -0.1) is 0 Å². The van der Waals surface area contributed by atoms with Crippen molar-refractivity contribution in [1.82, 2.24) is 5.32 Å². The van der Waals surface area contributed by atoms with Crippen LogP contribution in [0.25, 0.3) is 6.08 Å². The number of amidine groups is 1. The van der Waals surface area contributed by atoms with Crippen LogP contribution in [0.2, 0.25) is 0 Å². The Morgan fingerprint density at radius 2 is 1.79 bits per heavy atom. The van der Waals surface area contributed by atoms with Crippen molar-refractivity contribution in [3.05, 3.63) is 88.3 Å². The first kappa shape index (κ1) is 22.5. The summed E-state index contributed by atoms with van der Waals surface area (Å²) in [6.45, 7) is 2.54. The minimum Gasteiger partial charge on any atom is -0.497 e. The number of aliphatic imine (C=N–C) groups is 1. The van der Waals surface area contributed by atoms with Gasteiger partial charge in [0, 0.05) is 6.07 Å². The third-order valence-corrected chi connectivity index (χ3v) is 5.85. The van der Waals surface area contributed by atoms with Crippen molar-refractivity contribution < 1.29 is 19.0 Å². The van der Waals surface area contributed by atoms with E-state index in [2.05, 4.69) is 41.5 Å². The molecule has 1 aliphatic heterocycles. The highest BCUT2D eigenvalue weighted by Gasteiger charge is 2.24. The minimum absolute atomic E-state index is 0.197. The first-order chi connectivity index (χ1) is 16.0. The van der Waals surface area contributed by atoms with Crippen molar-refractivity contribution in [1.29, 1.82) is 0 Å². The Balaban J connectivity index is 1.47. The molecule has 0 radical (unpaired) electrons. The molecule has 0 saturated carbocycles. The van der Waals surface area contributed by atoms with Crippen LogP contribution in [-0.2, 0) is 11.4 Å². The summed E-state index contributed by atoms with van der Waals surface area (Å²) in [5, 5.41) is 3.29. The third kappa shape index (κ3) is 5.75. The van der Waals surface area contributed by atoms with Crippen LogP contribution in [-0.4, -0.2) is 25.3 Å². The standard InChI is InChI=1S/C26H24N2O4S/c1-17-7-9-18(10-8-17)16-32-21-6-4-5-19(13-21)14-24-25(29)28-26(33-24)27-22-12-11-20(30-2)15-23(22)31-3/h4-15H,16H2,1-3H3,(H,27,28,29)/b24-14-. The fraction of sp³-hybridized carbons (Fsp3) is 0.154. The van der Waals surface area contributed by atoms with E-state index in [0.29, 0.717) is 33.9 Å². The second kappa shape index (κ2) is 10.3. The zero-order valence-electron chi connectivity index (χ0n) is 18.6. The molecule has 3 aromatic rings. The Morgan fingerprint density at radius 1 is 0.970 bits per heavy atom. The number of nitrogens with one attached hydrogen (secondary N) is 1. The molecule has 7 heteroatoms. The summed E-state index contributed by atoms with van der Waals surface area (Å²) in [5.41, 5.74) is 3.80. The van der Waals surface area contributed by atoms with Crippen LogP contribution < -0.4 is 19.5 Å². The highest BCUT2D eigenvalue weighted by atomic mass is 32.2. The van der Waals surface area contributed by atoms with E-state index >= 15 is 0 Å². The zero-order valence-corrected chi connectivity index (χ0v) is 19.4. The number of benzene rings is 3. The third-order valence-electron chi connectivity index (χ3n) is 4.94. The summed E-state index contributed by atoms with van der Waals surface area (Å²) in [6.07, 6.45) is 1.83. The van der Waals surface area contributed by atoms with Crippen molar-refractivity contribution in [3.8, 4) is 17.2 Å². The highest BCUT2D eigenvalue weighted by molar-refractivity contribution is 8.18. The van der Waals surface area contributed by atoms with Crippen LogP contribution in [0.5, 0.6) is 17.2 Å². The molecule has 1 aliphatic rings. The van der Waals surface area contributed by atoms with E-state index in [9.17, 15) is 4.79 Å². The minimum atomic E-state index is -0.197. The first-order valence-corrected chi connectivity index (χ1v) is 11.2. The van der Waals surface area contributed by atoms with Crippen LogP contribution in [0.15, 0.2) is 76.6 Å². The molecule has 0 unspecified atom stereocenters. The Morgan fingerprint density at radius 3 is 2.55 bits per heavy atom. The summed E-state index contributed by atoms with van der Waals surface area (Å²) in [6, 6.07) is 21.2. The molecule has 1 fully saturated rings. The number of amides is 1. The van der Waals surface area contributed by atoms with Crippen molar-refractivity contribution in [3.63, 3.8) is 0 Å². The lowest BCUT2D eigenvalue weighted by Gasteiger charge is -2.07. The topological polar surface area (TPSA) is 69.2 Å². The molecule has 0 atom stereocenters. The van der Waals surface area contributed by atoms with E-state index < -0.39 is 0 Å². The number of nitrogens with zero attached hydrogens (tertiary/aromatic N) is 1. The number of rotatable bonds is 7. The maximum absolute atomic E-state index is 12.5. The Labute approximate surface area is 197 Å². The quantitative estimate of drug-likeness (QED) is 0.473. The normalized spacial score (nSPS) is 15.5. The first-order valence-electron chi connectivity index (χ1n) is 10.3. The molecule has 0 aliphatic carbocycles. The number of carbonyl (C=O) groups is 1. The van der Waals surface area contributed by atoms with E-state index in [0.717, 1.165) is 16.9 Å². The van der Waals surface area contributed by atoms with Gasteiger partial charge in [-0.1, -0.05) is 42.0 Å². The van der Waals surface area contributed by atoms with Crippen molar-refractivity contribution in [2.75, 3.05) is 14.2 Å². The molecule has 1 amide bonds. The second-order valence-electron chi connectivity index (χ2n) is 7.37. The van der Waals surface area contributed by atoms with E-state index in [1.807, 2.05) is 30.3 Å². The summed E-state index contributed by atoms with van der Waals surface area (Å²) in [5.74, 6) is 1.78. The van der Waals surface area contributed by atoms with Gasteiger partial charge in [0.05, 0.1) is 19.1 Å². The Kier molecular flexibility index (Phi) is 7.00. The fourth-order valence-corrected chi connectivity index (χ4v) is 4.00. The van der Waals surface area contributed by atoms with Crippen LogP contribution >= 0.6 is 11.8 Å². The molecule has 0 bridgehead atoms. The van der Waals surface area contributed by atoms with E-state index in [-0.39, 0.29) is 5.91 Å². The van der Waals surface area contributed by atoms with Gasteiger partial charge in [0.1, 0.15) is 29.5 Å². The molecule has 6 nitrogen and oxygen atoms in total. The summed E-state index contributed by atoms with van der Waals surface area (Å²) < 4.78 is 16.5. The van der Waals surface area contributed by atoms with Crippen molar-refractivity contribution in [2.45, 2.75) is 13.5 Å². The Bertz CT molecular complexity index is 1220. The number of aryl methyl sites for hydroxylation is 1.